The summed E-state index contributed by atoms with van der Waals surface area (Å²) in [4.78, 5) is 43.1. The molecule has 11 nitrogen and oxygen atoms in total. The molecule has 216 valence electrons. The van der Waals surface area contributed by atoms with Crippen molar-refractivity contribution in [1.29, 1.82) is 0 Å². The fraction of sp³-hybridized carbons (Fsp3) is 0.500. The van der Waals surface area contributed by atoms with Crippen molar-refractivity contribution in [2.75, 3.05) is 6.61 Å². The van der Waals surface area contributed by atoms with Gasteiger partial charge >= 0.3 is 5.97 Å². The summed E-state index contributed by atoms with van der Waals surface area (Å²) >= 11 is 0. The average molecular weight is 571 g/mol. The number of benzene rings is 1. The predicted molar refractivity (Wildman–Crippen MR) is 152 cm³/mol. The van der Waals surface area contributed by atoms with Gasteiger partial charge in [0, 0.05) is 20.2 Å². The molecule has 0 fully saturated rings. The number of carboxylic acid groups (broad SMARTS) is 1. The van der Waals surface area contributed by atoms with Crippen molar-refractivity contribution < 1.29 is 29.3 Å². The van der Waals surface area contributed by atoms with E-state index >= 15 is 0 Å². The van der Waals surface area contributed by atoms with Crippen LogP contribution in [-0.2, 0) is 40.8 Å². The molecule has 0 radical (unpaired) electrons. The van der Waals surface area contributed by atoms with Crippen LogP contribution in [0, 0.1) is 5.41 Å². The Balaban J connectivity index is 1.62. The van der Waals surface area contributed by atoms with E-state index in [2.05, 4.69) is 29.9 Å². The zero-order valence-electron chi connectivity index (χ0n) is 23.9. The van der Waals surface area contributed by atoms with Gasteiger partial charge in [0.05, 0.1) is 42.8 Å². The average Bonchev–Trinajstić information content (AvgIpc) is 3.49. The maximum absolute atomic E-state index is 13.6. The molecule has 4 rings (SSSR count). The Bertz CT molecular complexity index is 1500. The first-order valence-electron chi connectivity index (χ1n) is 13.3. The van der Waals surface area contributed by atoms with Crippen molar-refractivity contribution in [1.82, 2.24) is 19.4 Å². The number of aliphatic carboxylic acids is 1. The molecular formula is C28H38N4O7Si. The zero-order chi connectivity index (χ0) is 29.4. The second-order valence-electron chi connectivity index (χ2n) is 12.5. The number of fused-ring (bicyclic) bond motifs is 2. The van der Waals surface area contributed by atoms with E-state index in [1.807, 2.05) is 22.8 Å². The van der Waals surface area contributed by atoms with Gasteiger partial charge in [0.2, 0.25) is 0 Å². The Morgan fingerprint density at radius 3 is 2.60 bits per heavy atom. The number of carboxylic acids is 1. The molecule has 12 heteroatoms. The number of aromatic nitrogens is 3. The highest BCUT2D eigenvalue weighted by Crippen LogP contribution is 2.31. The summed E-state index contributed by atoms with van der Waals surface area (Å²) in [6, 6.07) is 5.47. The summed E-state index contributed by atoms with van der Waals surface area (Å²) in [6.07, 6.45) is 1.72. The van der Waals surface area contributed by atoms with Crippen LogP contribution in [0.25, 0.3) is 11.0 Å². The van der Waals surface area contributed by atoms with Crippen LogP contribution in [0.4, 0.5) is 0 Å². The molecule has 0 aliphatic carbocycles. The van der Waals surface area contributed by atoms with Gasteiger partial charge in [0.1, 0.15) is 24.1 Å². The van der Waals surface area contributed by atoms with Crippen LogP contribution in [-0.4, -0.2) is 56.9 Å². The normalized spacial score (nSPS) is 14.3. The van der Waals surface area contributed by atoms with Crippen LogP contribution in [0.2, 0.25) is 25.7 Å². The Morgan fingerprint density at radius 1 is 1.23 bits per heavy atom. The fourth-order valence-corrected chi connectivity index (χ4v) is 5.39. The van der Waals surface area contributed by atoms with E-state index in [1.54, 1.807) is 27.1 Å². The lowest BCUT2D eigenvalue weighted by atomic mass is 9.86. The number of ether oxygens (including phenoxy) is 2. The highest BCUT2D eigenvalue weighted by atomic mass is 28.3. The highest BCUT2D eigenvalue weighted by molar-refractivity contribution is 6.76. The first-order chi connectivity index (χ1) is 18.7. The molecule has 3 heterocycles. The maximum Gasteiger partial charge on any atom is 0.326 e. The number of hydrogen-bond acceptors (Lipinski definition) is 7. The summed E-state index contributed by atoms with van der Waals surface area (Å²) in [5.41, 5.74) is 1.17. The number of amides is 1. The third kappa shape index (κ3) is 6.29. The molecule has 1 aromatic carbocycles. The Kier molecular flexibility index (Phi) is 8.25. The SMILES string of the molecule is CC(C)(C)C(NC(=O)c1c(O)c2c(n(Cc3ccc4c(c3)ncn4COCC[Si](C)(C)C)c1=O)COC2)C(=O)O. The van der Waals surface area contributed by atoms with Gasteiger partial charge in [0.15, 0.2) is 0 Å². The van der Waals surface area contributed by atoms with Gasteiger partial charge in [-0.25, -0.2) is 9.78 Å². The molecule has 1 aliphatic heterocycles. The van der Waals surface area contributed by atoms with Crippen LogP contribution in [0.5, 0.6) is 5.75 Å². The Hall–Kier alpha value is -3.48. The summed E-state index contributed by atoms with van der Waals surface area (Å²) in [7, 11) is -1.18. The van der Waals surface area contributed by atoms with Gasteiger partial charge in [-0.3, -0.25) is 9.59 Å². The second-order valence-corrected chi connectivity index (χ2v) is 18.2. The lowest BCUT2D eigenvalue weighted by Crippen LogP contribution is -2.50. The summed E-state index contributed by atoms with van der Waals surface area (Å²) in [6.45, 7) is 13.3. The van der Waals surface area contributed by atoms with E-state index in [-0.39, 0.29) is 19.8 Å². The molecule has 1 atom stereocenters. The molecule has 0 spiro atoms. The standard InChI is InChI=1S/C28H38N4O7Si/c1-28(2,3)24(27(36)37)30-25(34)22-23(33)18-13-39-14-21(18)32(26(22)35)12-17-7-8-20-19(11-17)29-15-31(20)16-38-9-10-40(4,5)6/h7-8,11,15,24,33H,9-10,12-14,16H2,1-6H3,(H,30,34)(H,36,37). The molecule has 1 amide bonds. The summed E-state index contributed by atoms with van der Waals surface area (Å²) in [5.74, 6) is -2.66. The second kappa shape index (κ2) is 11.2. The molecule has 3 aromatic rings. The number of imidazole rings is 1. The summed E-state index contributed by atoms with van der Waals surface area (Å²) < 4.78 is 14.7. The van der Waals surface area contributed by atoms with E-state index in [4.69, 9.17) is 9.47 Å². The van der Waals surface area contributed by atoms with Crippen molar-refractivity contribution in [3.8, 4) is 5.75 Å². The van der Waals surface area contributed by atoms with E-state index in [1.165, 1.54) is 4.57 Å². The van der Waals surface area contributed by atoms with Crippen LogP contribution in [0.1, 0.15) is 48.0 Å². The smallest absolute Gasteiger partial charge is 0.326 e. The lowest BCUT2D eigenvalue weighted by molar-refractivity contribution is -0.142. The number of nitrogens with zero attached hydrogens (tertiary/aromatic N) is 3. The lowest BCUT2D eigenvalue weighted by Gasteiger charge is -2.28. The van der Waals surface area contributed by atoms with Gasteiger partial charge in [-0.1, -0.05) is 46.5 Å². The molecule has 0 saturated carbocycles. The van der Waals surface area contributed by atoms with Crippen LogP contribution >= 0.6 is 0 Å². The monoisotopic (exact) mass is 570 g/mol. The maximum atomic E-state index is 13.6. The number of carbonyl (C=O) groups is 2. The largest absolute Gasteiger partial charge is 0.506 e. The highest BCUT2D eigenvalue weighted by Gasteiger charge is 2.36. The predicted octanol–water partition coefficient (Wildman–Crippen LogP) is 3.52. The molecule has 40 heavy (non-hydrogen) atoms. The van der Waals surface area contributed by atoms with Crippen LogP contribution in [0.15, 0.2) is 29.3 Å². The number of aromatic hydroxyl groups is 1. The number of rotatable bonds is 10. The van der Waals surface area contributed by atoms with Crippen LogP contribution < -0.4 is 10.9 Å². The van der Waals surface area contributed by atoms with E-state index in [0.29, 0.717) is 24.6 Å². The number of carbonyl (C=O) groups excluding carboxylic acids is 1. The van der Waals surface area contributed by atoms with Gasteiger partial charge in [-0.05, 0) is 29.2 Å². The van der Waals surface area contributed by atoms with Crippen molar-refractivity contribution in [3.05, 3.63) is 57.3 Å². The van der Waals surface area contributed by atoms with Crippen LogP contribution in [0.3, 0.4) is 0 Å². The van der Waals surface area contributed by atoms with Gasteiger partial charge < -0.3 is 34.1 Å². The first-order valence-corrected chi connectivity index (χ1v) is 17.0. The minimum absolute atomic E-state index is 0.0322. The quantitative estimate of drug-likeness (QED) is 0.248. The molecule has 2 aromatic heterocycles. The molecule has 3 N–H and O–H groups in total. The topological polar surface area (TPSA) is 145 Å². The first kappa shape index (κ1) is 29.5. The molecule has 1 unspecified atom stereocenters. The summed E-state index contributed by atoms with van der Waals surface area (Å²) in [5, 5.41) is 22.9. The van der Waals surface area contributed by atoms with E-state index in [0.717, 1.165) is 22.6 Å². The van der Waals surface area contributed by atoms with E-state index < -0.39 is 48.3 Å². The fourth-order valence-electron chi connectivity index (χ4n) is 4.63. The van der Waals surface area contributed by atoms with Crippen molar-refractivity contribution >= 4 is 31.0 Å². The van der Waals surface area contributed by atoms with Gasteiger partial charge in [-0.15, -0.1) is 0 Å². The minimum Gasteiger partial charge on any atom is -0.506 e. The minimum atomic E-state index is -1.27. The third-order valence-electron chi connectivity index (χ3n) is 7.01. The number of pyridine rings is 1. The number of hydrogen-bond donors (Lipinski definition) is 3. The molecule has 1 aliphatic rings. The third-order valence-corrected chi connectivity index (χ3v) is 8.71. The van der Waals surface area contributed by atoms with Crippen molar-refractivity contribution in [3.63, 3.8) is 0 Å². The number of nitrogens with one attached hydrogen (secondary N) is 1. The Morgan fingerprint density at radius 2 is 1.95 bits per heavy atom. The zero-order valence-corrected chi connectivity index (χ0v) is 24.9. The molecule has 0 bridgehead atoms. The Labute approximate surface area is 233 Å². The molecule has 0 saturated heterocycles. The van der Waals surface area contributed by atoms with Gasteiger partial charge in [-0.2, -0.15) is 0 Å². The molecular weight excluding hydrogens is 532 g/mol. The van der Waals surface area contributed by atoms with Crippen molar-refractivity contribution in [2.45, 2.75) is 79.0 Å². The van der Waals surface area contributed by atoms with Crippen molar-refractivity contribution in [2.24, 2.45) is 5.41 Å². The van der Waals surface area contributed by atoms with Gasteiger partial charge in [0.25, 0.3) is 11.5 Å². The van der Waals surface area contributed by atoms with E-state index in [9.17, 15) is 24.6 Å².